The van der Waals surface area contributed by atoms with Crippen molar-refractivity contribution in [1.82, 2.24) is 0 Å². The fourth-order valence-electron chi connectivity index (χ4n) is 0. The Morgan fingerprint density at radius 1 is 1.75 bits per heavy atom. The number of hydrogen-bond acceptors (Lipinski definition) is 1. The monoisotopic (exact) mass is 179 g/mol. The molecule has 0 bridgehead atoms. The third-order valence-corrected chi connectivity index (χ3v) is 0. The predicted octanol–water partition coefficient (Wildman–Crippen LogP) is 0.139. The van der Waals surface area contributed by atoms with Crippen LogP contribution in [0.4, 0.5) is 0 Å². The molecule has 0 fully saturated rings. The molecule has 0 unspecified atom stereocenters. The van der Waals surface area contributed by atoms with Crippen molar-refractivity contribution >= 4 is 11.6 Å². The summed E-state index contributed by atoms with van der Waals surface area (Å²) in [5.74, 6) is 0. The van der Waals surface area contributed by atoms with Gasteiger partial charge in [-0.2, -0.15) is 0 Å². The van der Waals surface area contributed by atoms with Crippen LogP contribution in [0.25, 0.3) is 0 Å². The van der Waals surface area contributed by atoms with Gasteiger partial charge in [0.05, 0.1) is 6.00 Å². The van der Waals surface area contributed by atoms with Gasteiger partial charge in [-0.3, -0.25) is 0 Å². The van der Waals surface area contributed by atoms with Crippen LogP contribution in [0.2, 0.25) is 0 Å². The number of halogens is 1. The van der Waals surface area contributed by atoms with Crippen LogP contribution in [0.3, 0.4) is 0 Å². The first kappa shape index (κ1) is 8.95. The summed E-state index contributed by atoms with van der Waals surface area (Å²) in [6.07, 6.45) is 0. The molecule has 0 rings (SSSR count). The molecule has 22 valence electrons. The average molecular weight is 178 g/mol. The SMILES string of the molecule is NCCl.[Cd]. The van der Waals surface area contributed by atoms with Crippen LogP contribution >= 0.6 is 11.6 Å². The van der Waals surface area contributed by atoms with E-state index < -0.39 is 0 Å². The second kappa shape index (κ2) is 8.90. The molecular formula is CH4CdClN. The second-order valence-electron chi connectivity index (χ2n) is 0.154. The van der Waals surface area contributed by atoms with Crippen molar-refractivity contribution in [3.8, 4) is 0 Å². The van der Waals surface area contributed by atoms with E-state index in [4.69, 9.17) is 11.6 Å². The van der Waals surface area contributed by atoms with Crippen molar-refractivity contribution in [3.63, 3.8) is 0 Å². The largest absolute Gasteiger partial charge is 0.318 e. The molecule has 0 aliphatic rings. The zero-order chi connectivity index (χ0) is 2.71. The van der Waals surface area contributed by atoms with E-state index in [1.807, 2.05) is 0 Å². The van der Waals surface area contributed by atoms with E-state index in [-0.39, 0.29) is 33.3 Å². The summed E-state index contributed by atoms with van der Waals surface area (Å²) in [5, 5.41) is 0. The zero-order valence-electron chi connectivity index (χ0n) is 2.37. The Bertz CT molecular complexity index is 8.00. The van der Waals surface area contributed by atoms with Crippen molar-refractivity contribution in [2.45, 2.75) is 0 Å². The molecule has 0 radical (unpaired) electrons. The molecule has 0 aromatic heterocycles. The van der Waals surface area contributed by atoms with Crippen molar-refractivity contribution in [1.29, 1.82) is 0 Å². The number of nitrogens with two attached hydrogens (primary N) is 1. The van der Waals surface area contributed by atoms with Gasteiger partial charge in [-0.15, -0.1) is 11.6 Å². The third-order valence-electron chi connectivity index (χ3n) is 0. The van der Waals surface area contributed by atoms with Crippen LogP contribution in [-0.2, 0) is 27.3 Å². The molecule has 0 heterocycles. The molecule has 0 spiro atoms. The van der Waals surface area contributed by atoms with Crippen molar-refractivity contribution in [2.24, 2.45) is 5.73 Å². The van der Waals surface area contributed by atoms with E-state index in [9.17, 15) is 0 Å². The maximum absolute atomic E-state index is 4.78. The molecule has 0 aromatic rings. The minimum Gasteiger partial charge on any atom is -0.318 e. The van der Waals surface area contributed by atoms with Crippen molar-refractivity contribution in [3.05, 3.63) is 0 Å². The average Bonchev–Trinajstić information content (AvgIpc) is 0.918. The second-order valence-corrected chi connectivity index (χ2v) is 0.463. The number of hydrogen-bond donors (Lipinski definition) is 1. The van der Waals surface area contributed by atoms with E-state index in [1.54, 1.807) is 0 Å². The fourth-order valence-corrected chi connectivity index (χ4v) is 0. The van der Waals surface area contributed by atoms with E-state index in [0.717, 1.165) is 0 Å². The van der Waals surface area contributed by atoms with Crippen LogP contribution in [-0.4, -0.2) is 6.00 Å². The fraction of sp³-hybridized carbons (Fsp3) is 1.00. The Labute approximate surface area is 50.7 Å². The summed E-state index contributed by atoms with van der Waals surface area (Å²) >= 11 is 4.78. The standard InChI is InChI=1S/CH4ClN.Cd/c2-1-3;/h1,3H2;. The first-order chi connectivity index (χ1) is 1.41. The third kappa shape index (κ3) is 10.9. The van der Waals surface area contributed by atoms with Crippen molar-refractivity contribution in [2.75, 3.05) is 6.00 Å². The molecule has 4 heavy (non-hydrogen) atoms. The molecule has 0 aromatic carbocycles. The summed E-state index contributed by atoms with van der Waals surface area (Å²) < 4.78 is 0. The van der Waals surface area contributed by atoms with E-state index >= 15 is 0 Å². The van der Waals surface area contributed by atoms with Gasteiger partial charge in [-0.25, -0.2) is 0 Å². The van der Waals surface area contributed by atoms with Crippen LogP contribution in [0, 0.1) is 0 Å². The molecule has 2 N–H and O–H groups in total. The van der Waals surface area contributed by atoms with Crippen LogP contribution < -0.4 is 5.73 Å². The first-order valence-corrected chi connectivity index (χ1v) is 1.21. The van der Waals surface area contributed by atoms with Crippen molar-refractivity contribution < 1.29 is 27.3 Å². The van der Waals surface area contributed by atoms with Gasteiger partial charge < -0.3 is 5.73 Å². The first-order valence-electron chi connectivity index (χ1n) is 0.676. The van der Waals surface area contributed by atoms with E-state index in [1.165, 1.54) is 0 Å². The minimum absolute atomic E-state index is 0. The molecule has 0 atom stereocenters. The molecular weight excluding hydrogens is 174 g/mol. The topological polar surface area (TPSA) is 26.0 Å². The van der Waals surface area contributed by atoms with Gasteiger partial charge in [0.25, 0.3) is 0 Å². The molecule has 0 aliphatic heterocycles. The van der Waals surface area contributed by atoms with Gasteiger partial charge in [0.15, 0.2) is 0 Å². The Hall–Kier alpha value is 1.17. The summed E-state index contributed by atoms with van der Waals surface area (Å²) in [6.45, 7) is 0. The summed E-state index contributed by atoms with van der Waals surface area (Å²) in [4.78, 5) is 0. The Kier molecular flexibility index (Phi) is 19.9. The van der Waals surface area contributed by atoms with E-state index in [0.29, 0.717) is 0 Å². The zero-order valence-corrected chi connectivity index (χ0v) is 7.16. The number of alkyl halides is 1. The Balaban J connectivity index is 0. The summed E-state index contributed by atoms with van der Waals surface area (Å²) in [7, 11) is 0. The maximum atomic E-state index is 4.78. The van der Waals surface area contributed by atoms with E-state index in [2.05, 4.69) is 5.73 Å². The van der Waals surface area contributed by atoms with Crippen LogP contribution in [0.1, 0.15) is 0 Å². The van der Waals surface area contributed by atoms with Crippen LogP contribution in [0.15, 0.2) is 0 Å². The molecule has 3 heteroatoms. The van der Waals surface area contributed by atoms with Gasteiger partial charge in [-0.05, 0) is 0 Å². The van der Waals surface area contributed by atoms with Gasteiger partial charge in [0, 0.05) is 27.3 Å². The van der Waals surface area contributed by atoms with Crippen LogP contribution in [0.5, 0.6) is 0 Å². The molecule has 0 saturated heterocycles. The normalized spacial score (nSPS) is 4.50. The molecule has 1 nitrogen and oxygen atoms in total. The molecule has 0 saturated carbocycles. The van der Waals surface area contributed by atoms with Gasteiger partial charge in [0.1, 0.15) is 0 Å². The summed E-state index contributed by atoms with van der Waals surface area (Å²) in [5.41, 5.74) is 4.61. The maximum Gasteiger partial charge on any atom is 0.0688 e. The van der Waals surface area contributed by atoms with Gasteiger partial charge in [-0.1, -0.05) is 0 Å². The smallest absolute Gasteiger partial charge is 0.0688 e. The molecule has 0 amide bonds. The minimum atomic E-state index is 0. The predicted molar refractivity (Wildman–Crippen MR) is 14.9 cm³/mol. The quantitative estimate of drug-likeness (QED) is 0.318. The summed E-state index contributed by atoms with van der Waals surface area (Å²) in [6, 6.07) is 0.222. The van der Waals surface area contributed by atoms with Gasteiger partial charge in [0.2, 0.25) is 0 Å². The Morgan fingerprint density at radius 2 is 1.75 bits per heavy atom. The molecule has 0 aliphatic carbocycles. The van der Waals surface area contributed by atoms with Gasteiger partial charge >= 0.3 is 0 Å². The Morgan fingerprint density at radius 3 is 1.75 bits per heavy atom. The number of rotatable bonds is 0.